The maximum atomic E-state index is 14.5. The number of methoxy groups -OCH3 is 1. The number of thiazole rings is 1. The van der Waals surface area contributed by atoms with Crippen molar-refractivity contribution in [3.63, 3.8) is 0 Å². The molecule has 0 spiro atoms. The van der Waals surface area contributed by atoms with Gasteiger partial charge in [0.25, 0.3) is 5.91 Å². The van der Waals surface area contributed by atoms with Crippen LogP contribution in [0.5, 0.6) is 0 Å². The number of ether oxygens (including phenoxy) is 2. The number of rotatable bonds is 10. The summed E-state index contributed by atoms with van der Waals surface area (Å²) in [6.45, 7) is 17.1. The normalized spacial score (nSPS) is 21.3. The number of pyridine rings is 1. The van der Waals surface area contributed by atoms with E-state index in [1.807, 2.05) is 32.2 Å². The van der Waals surface area contributed by atoms with Crippen LogP contribution in [-0.2, 0) is 57.7 Å². The first-order valence-corrected chi connectivity index (χ1v) is 23.1. The van der Waals surface area contributed by atoms with Crippen LogP contribution in [0.1, 0.15) is 83.2 Å². The first kappa shape index (κ1) is 46.5. The molecule has 64 heavy (non-hydrogen) atoms. The zero-order chi connectivity index (χ0) is 46.0. The van der Waals surface area contributed by atoms with E-state index < -0.39 is 47.3 Å². The lowest BCUT2D eigenvalue weighted by Gasteiger charge is -2.35. The van der Waals surface area contributed by atoms with Crippen molar-refractivity contribution in [2.45, 2.75) is 104 Å². The minimum atomic E-state index is -1.14. The minimum Gasteiger partial charge on any atom is -0.463 e. The molecule has 0 saturated carbocycles. The standard InChI is InChI=1S/C48H61N7O8S/c1-10-40(56)53-21-18-31(25-53)45(58)52(8)42(28(3)4)44(57)51-35-23-39-50-36(26-64-39)30-16-17-37-33(22-30)34(43(54(37)11-2)32-14-12-19-49-41(32)29(5)61-9)24-48(6,7)27-62-47(60)38-15-13-20-55(63-38)46(35)59/h10,12,14,16-17,19,22,26,28-29,31,35,38,42H,1,11,13,15,18,20-21,23-25,27H2,2-9H3,(H,51,57)/t29-,31?,35-,38-,42-/m0/s1. The molecule has 0 aliphatic carbocycles. The number of nitrogens with one attached hydrogen (secondary N) is 1. The second-order valence-corrected chi connectivity index (χ2v) is 19.2. The molecule has 4 aromatic rings. The first-order valence-electron chi connectivity index (χ1n) is 22.3. The molecule has 4 amide bonds. The van der Waals surface area contributed by atoms with Crippen molar-refractivity contribution in [1.82, 2.24) is 34.7 Å². The van der Waals surface area contributed by atoms with Crippen molar-refractivity contribution in [2.75, 3.05) is 40.4 Å². The third-order valence-corrected chi connectivity index (χ3v) is 13.6. The molecule has 1 N–H and O–H groups in total. The molecule has 342 valence electrons. The lowest BCUT2D eigenvalue weighted by Crippen LogP contribution is -2.58. The van der Waals surface area contributed by atoms with Gasteiger partial charge >= 0.3 is 5.97 Å². The molecule has 5 atom stereocenters. The number of nitrogens with zero attached hydrogens (tertiary/aromatic N) is 6. The molecule has 6 heterocycles. The van der Waals surface area contributed by atoms with Gasteiger partial charge in [-0.1, -0.05) is 40.3 Å². The Hall–Kier alpha value is -5.45. The van der Waals surface area contributed by atoms with Crippen LogP contribution in [0.25, 0.3) is 33.4 Å². The SMILES string of the molecule is C=CC(=O)N1CCC(C(=O)N(C)[C@H](C(=O)N[C@H]2Cc3nc(cs3)-c3ccc4c(c3)c(c(-c3cccnc3[C@H](C)OC)n4CC)CC(C)(C)COC(=O)[C@@H]3CCCN(O3)C2=O)C(C)C)C1. The van der Waals surface area contributed by atoms with Crippen LogP contribution in [0.2, 0.25) is 0 Å². The van der Waals surface area contributed by atoms with Crippen LogP contribution < -0.4 is 5.32 Å². The van der Waals surface area contributed by atoms with Gasteiger partial charge in [0.1, 0.15) is 12.1 Å². The van der Waals surface area contributed by atoms with Crippen LogP contribution >= 0.6 is 11.3 Å². The summed E-state index contributed by atoms with van der Waals surface area (Å²) in [5, 5.41) is 7.74. The Morgan fingerprint density at radius 2 is 1.92 bits per heavy atom. The Bertz CT molecular complexity index is 2420. The zero-order valence-electron chi connectivity index (χ0n) is 38.2. The molecule has 2 saturated heterocycles. The van der Waals surface area contributed by atoms with Crippen LogP contribution in [0, 0.1) is 17.3 Å². The van der Waals surface area contributed by atoms with Gasteiger partial charge in [-0.15, -0.1) is 11.3 Å². The smallest absolute Gasteiger partial charge is 0.338 e. The molecule has 2 fully saturated rings. The fourth-order valence-electron chi connectivity index (χ4n) is 9.33. The van der Waals surface area contributed by atoms with E-state index in [9.17, 15) is 24.0 Å². The van der Waals surface area contributed by atoms with Crippen LogP contribution in [0.4, 0.5) is 0 Å². The van der Waals surface area contributed by atoms with Gasteiger partial charge in [0.05, 0.1) is 40.7 Å². The Morgan fingerprint density at radius 3 is 2.64 bits per heavy atom. The van der Waals surface area contributed by atoms with Gasteiger partial charge in [0.15, 0.2) is 6.10 Å². The second-order valence-electron chi connectivity index (χ2n) is 18.2. The number of likely N-dealkylation sites (tertiary alicyclic amines) is 1. The monoisotopic (exact) mass is 895 g/mol. The molecule has 16 heteroatoms. The number of hydrogen-bond donors (Lipinski definition) is 1. The number of benzene rings is 1. The maximum absolute atomic E-state index is 14.5. The van der Waals surface area contributed by atoms with Gasteiger partial charge < -0.3 is 29.2 Å². The number of likely N-dealkylation sites (N-methyl/N-ethyl adjacent to an activating group) is 1. The van der Waals surface area contributed by atoms with Crippen molar-refractivity contribution in [3.05, 3.63) is 70.8 Å². The second kappa shape index (κ2) is 19.3. The molecule has 3 aromatic heterocycles. The van der Waals surface area contributed by atoms with Gasteiger partial charge in [-0.25, -0.2) is 14.8 Å². The number of hydrogen-bond acceptors (Lipinski definition) is 11. The van der Waals surface area contributed by atoms with Crippen molar-refractivity contribution in [3.8, 4) is 22.5 Å². The minimum absolute atomic E-state index is 0.0352. The zero-order valence-corrected chi connectivity index (χ0v) is 39.0. The summed E-state index contributed by atoms with van der Waals surface area (Å²) in [5.41, 5.74) is 6.00. The summed E-state index contributed by atoms with van der Waals surface area (Å²) < 4.78 is 14.1. The summed E-state index contributed by atoms with van der Waals surface area (Å²) in [5.74, 6) is -2.93. The first-order chi connectivity index (χ1) is 30.5. The van der Waals surface area contributed by atoms with Crippen molar-refractivity contribution in [1.29, 1.82) is 0 Å². The highest BCUT2D eigenvalue weighted by atomic mass is 32.1. The number of esters is 1. The lowest BCUT2D eigenvalue weighted by atomic mass is 9.84. The predicted molar refractivity (Wildman–Crippen MR) is 244 cm³/mol. The van der Waals surface area contributed by atoms with Crippen molar-refractivity contribution < 1.29 is 38.3 Å². The van der Waals surface area contributed by atoms with E-state index in [-0.39, 0.29) is 50.0 Å². The lowest BCUT2D eigenvalue weighted by molar-refractivity contribution is -0.231. The Morgan fingerprint density at radius 1 is 1.14 bits per heavy atom. The number of hydroxylamine groups is 2. The number of aromatic nitrogens is 3. The van der Waals surface area contributed by atoms with E-state index >= 15 is 0 Å². The molecule has 6 bridgehead atoms. The summed E-state index contributed by atoms with van der Waals surface area (Å²) in [6, 6.07) is 8.27. The Balaban J connectivity index is 1.27. The van der Waals surface area contributed by atoms with Crippen molar-refractivity contribution in [2.24, 2.45) is 17.3 Å². The molecular formula is C48H61N7O8S. The van der Waals surface area contributed by atoms with Crippen LogP contribution in [-0.4, -0.2) is 118 Å². The fraction of sp³-hybridized carbons (Fsp3) is 0.521. The third kappa shape index (κ3) is 9.50. The highest BCUT2D eigenvalue weighted by Gasteiger charge is 2.41. The summed E-state index contributed by atoms with van der Waals surface area (Å²) in [4.78, 5) is 87.8. The number of carbonyl (C=O) groups excluding carboxylic acids is 5. The van der Waals surface area contributed by atoms with E-state index in [0.29, 0.717) is 43.8 Å². The van der Waals surface area contributed by atoms with E-state index in [1.54, 1.807) is 25.3 Å². The van der Waals surface area contributed by atoms with Gasteiger partial charge in [-0.3, -0.25) is 29.0 Å². The molecular weight excluding hydrogens is 835 g/mol. The number of carbonyl (C=O) groups is 5. The highest BCUT2D eigenvalue weighted by molar-refractivity contribution is 7.10. The Kier molecular flexibility index (Phi) is 14.1. The quantitative estimate of drug-likeness (QED) is 0.144. The predicted octanol–water partition coefficient (Wildman–Crippen LogP) is 6.15. The summed E-state index contributed by atoms with van der Waals surface area (Å²) >= 11 is 1.38. The van der Waals surface area contributed by atoms with Gasteiger partial charge in [-0.05, 0) is 81.4 Å². The highest BCUT2D eigenvalue weighted by Crippen LogP contribution is 2.42. The number of cyclic esters (lactones) is 1. The van der Waals surface area contributed by atoms with E-state index in [4.69, 9.17) is 24.3 Å². The van der Waals surface area contributed by atoms with Crippen LogP contribution in [0.15, 0.2) is 54.6 Å². The summed E-state index contributed by atoms with van der Waals surface area (Å²) in [6.07, 6.45) is 3.61. The van der Waals surface area contributed by atoms with E-state index in [1.165, 1.54) is 27.4 Å². The average Bonchev–Trinajstić information content (AvgIpc) is 4.05. The molecule has 7 rings (SSSR count). The maximum Gasteiger partial charge on any atom is 0.338 e. The average molecular weight is 896 g/mol. The van der Waals surface area contributed by atoms with Crippen molar-refractivity contribution >= 4 is 51.8 Å². The molecule has 0 radical (unpaired) electrons. The number of fused-ring (bicyclic) bond motifs is 6. The van der Waals surface area contributed by atoms with E-state index in [2.05, 4.69) is 61.5 Å². The largest absolute Gasteiger partial charge is 0.463 e. The van der Waals surface area contributed by atoms with Gasteiger partial charge in [-0.2, -0.15) is 0 Å². The number of amides is 4. The van der Waals surface area contributed by atoms with Gasteiger partial charge in [0.2, 0.25) is 17.7 Å². The topological polar surface area (TPSA) is 166 Å². The fourth-order valence-corrected chi connectivity index (χ4v) is 10.2. The molecule has 1 unspecified atom stereocenters. The van der Waals surface area contributed by atoms with Crippen LogP contribution in [0.3, 0.4) is 0 Å². The third-order valence-electron chi connectivity index (χ3n) is 12.7. The van der Waals surface area contributed by atoms with Gasteiger partial charge in [0, 0.05) is 85.8 Å². The molecule has 3 aliphatic rings. The molecule has 3 aliphatic heterocycles. The van der Waals surface area contributed by atoms with E-state index in [0.717, 1.165) is 44.7 Å². The summed E-state index contributed by atoms with van der Waals surface area (Å²) in [7, 11) is 3.26. The Labute approximate surface area is 379 Å². The number of aryl methyl sites for hydroxylation is 1. The molecule has 1 aromatic carbocycles. The molecule has 15 nitrogen and oxygen atoms in total.